The zero-order valence-electron chi connectivity index (χ0n) is 15.2. The van der Waals surface area contributed by atoms with Gasteiger partial charge in [0.2, 0.25) is 0 Å². The molecular weight excluding hydrogens is 424 g/mol. The van der Waals surface area contributed by atoms with E-state index in [9.17, 15) is 13.2 Å². The number of hydrogen-bond acceptors (Lipinski definition) is 3. The normalized spacial score (nSPS) is 12.0. The van der Waals surface area contributed by atoms with Gasteiger partial charge < -0.3 is 4.52 Å². The second kappa shape index (κ2) is 7.04. The van der Waals surface area contributed by atoms with Crippen molar-refractivity contribution in [3.8, 4) is 22.5 Å². The molecule has 0 aliphatic heterocycles. The Morgan fingerprint density at radius 1 is 0.862 bits per heavy atom. The molecule has 0 atom stereocenters. The van der Waals surface area contributed by atoms with Crippen LogP contribution in [0.1, 0.15) is 16.7 Å². The fraction of sp³-hybridized carbons (Fsp3) is 0.143. The van der Waals surface area contributed by atoms with E-state index >= 15 is 0 Å². The number of aromatic nitrogens is 2. The lowest BCUT2D eigenvalue weighted by Crippen LogP contribution is -2.07. The molecule has 2 aromatic heterocycles. The Hall–Kier alpha value is -2.57. The smallest absolute Gasteiger partial charge is 0.335 e. The van der Waals surface area contributed by atoms with Gasteiger partial charge in [0, 0.05) is 11.1 Å². The van der Waals surface area contributed by atoms with Gasteiger partial charge in [0.1, 0.15) is 5.69 Å². The SMILES string of the molecule is Cc1ccc(-c2cc(C(F)(F)F)c3c(-c4ccc(Cl)c(Cl)c4)noc3n2)cc1C. The standard InChI is InChI=1S/C21H13Cl2F3N2O/c1-10-3-4-12(7-11(10)2)17-9-14(21(24,25)26)18-19(28-29-20(18)27-17)13-5-6-15(22)16(23)8-13/h3-9H,1-2H3. The van der Waals surface area contributed by atoms with Crippen LogP contribution in [-0.2, 0) is 6.18 Å². The molecule has 4 aromatic rings. The van der Waals surface area contributed by atoms with Crippen LogP contribution in [0.4, 0.5) is 13.2 Å². The molecule has 0 saturated carbocycles. The molecular formula is C21H13Cl2F3N2O. The van der Waals surface area contributed by atoms with Crippen molar-refractivity contribution in [2.24, 2.45) is 0 Å². The number of hydrogen-bond donors (Lipinski definition) is 0. The van der Waals surface area contributed by atoms with Crippen molar-refractivity contribution < 1.29 is 17.7 Å². The Bertz CT molecular complexity index is 1250. The largest absolute Gasteiger partial charge is 0.417 e. The molecule has 0 bridgehead atoms. The summed E-state index contributed by atoms with van der Waals surface area (Å²) in [5.41, 5.74) is 1.98. The topological polar surface area (TPSA) is 38.9 Å². The summed E-state index contributed by atoms with van der Waals surface area (Å²) >= 11 is 11.9. The lowest BCUT2D eigenvalue weighted by Gasteiger charge is -2.11. The van der Waals surface area contributed by atoms with E-state index in [4.69, 9.17) is 27.7 Å². The number of rotatable bonds is 2. The predicted octanol–water partition coefficient (Wildman–Crippen LogP) is 7.50. The van der Waals surface area contributed by atoms with Crippen molar-refractivity contribution in [2.75, 3.05) is 0 Å². The number of alkyl halides is 3. The van der Waals surface area contributed by atoms with Gasteiger partial charge in [-0.25, -0.2) is 4.98 Å². The predicted molar refractivity (Wildman–Crippen MR) is 107 cm³/mol. The molecule has 0 radical (unpaired) electrons. The number of fused-ring (bicyclic) bond motifs is 1. The number of aryl methyl sites for hydroxylation is 2. The van der Waals surface area contributed by atoms with Crippen LogP contribution in [-0.4, -0.2) is 10.1 Å². The van der Waals surface area contributed by atoms with Crippen molar-refractivity contribution in [3.05, 3.63) is 69.2 Å². The lowest BCUT2D eigenvalue weighted by molar-refractivity contribution is -0.136. The zero-order chi connectivity index (χ0) is 20.9. The molecule has 3 nitrogen and oxygen atoms in total. The van der Waals surface area contributed by atoms with E-state index < -0.39 is 11.7 Å². The first-order valence-corrected chi connectivity index (χ1v) is 9.31. The first-order chi connectivity index (χ1) is 13.6. The van der Waals surface area contributed by atoms with Crippen LogP contribution in [0.25, 0.3) is 33.6 Å². The molecule has 0 spiro atoms. The van der Waals surface area contributed by atoms with Gasteiger partial charge in [-0.05, 0) is 49.2 Å². The summed E-state index contributed by atoms with van der Waals surface area (Å²) in [5, 5.41) is 4.11. The lowest BCUT2D eigenvalue weighted by atomic mass is 10.00. The maximum absolute atomic E-state index is 13.9. The third-order valence-electron chi connectivity index (χ3n) is 4.75. The summed E-state index contributed by atoms with van der Waals surface area (Å²) in [6, 6.07) is 10.8. The van der Waals surface area contributed by atoms with E-state index in [0.717, 1.165) is 17.2 Å². The molecule has 0 fully saturated rings. The van der Waals surface area contributed by atoms with E-state index in [2.05, 4.69) is 10.1 Å². The van der Waals surface area contributed by atoms with Crippen molar-refractivity contribution in [2.45, 2.75) is 20.0 Å². The molecule has 0 N–H and O–H groups in total. The maximum Gasteiger partial charge on any atom is 0.417 e. The first kappa shape index (κ1) is 19.7. The van der Waals surface area contributed by atoms with Crippen LogP contribution in [0.2, 0.25) is 10.0 Å². The molecule has 0 unspecified atom stereocenters. The summed E-state index contributed by atoms with van der Waals surface area (Å²) in [4.78, 5) is 4.29. The minimum Gasteiger partial charge on any atom is -0.335 e. The molecule has 148 valence electrons. The molecule has 8 heteroatoms. The molecule has 29 heavy (non-hydrogen) atoms. The summed E-state index contributed by atoms with van der Waals surface area (Å²) < 4.78 is 47.0. The third kappa shape index (κ3) is 3.58. The molecule has 0 aliphatic carbocycles. The van der Waals surface area contributed by atoms with Gasteiger partial charge in [0.25, 0.3) is 5.71 Å². The van der Waals surface area contributed by atoms with Gasteiger partial charge in [-0.1, -0.05) is 46.6 Å². The second-order valence-electron chi connectivity index (χ2n) is 6.69. The first-order valence-electron chi connectivity index (χ1n) is 8.56. The van der Waals surface area contributed by atoms with E-state index in [1.807, 2.05) is 19.9 Å². The minimum atomic E-state index is -4.63. The van der Waals surface area contributed by atoms with Gasteiger partial charge >= 0.3 is 6.18 Å². The molecule has 0 aliphatic rings. The zero-order valence-corrected chi connectivity index (χ0v) is 16.7. The van der Waals surface area contributed by atoms with E-state index in [0.29, 0.717) is 11.1 Å². The van der Waals surface area contributed by atoms with Crippen molar-refractivity contribution in [1.29, 1.82) is 0 Å². The van der Waals surface area contributed by atoms with Gasteiger partial charge in [0.05, 0.1) is 26.7 Å². The van der Waals surface area contributed by atoms with E-state index in [-0.39, 0.29) is 32.5 Å². The number of benzene rings is 2. The van der Waals surface area contributed by atoms with Crippen LogP contribution < -0.4 is 0 Å². The highest BCUT2D eigenvalue weighted by Crippen LogP contribution is 2.41. The van der Waals surface area contributed by atoms with Crippen LogP contribution in [0, 0.1) is 13.8 Å². The van der Waals surface area contributed by atoms with Gasteiger partial charge in [-0.2, -0.15) is 13.2 Å². The van der Waals surface area contributed by atoms with Gasteiger partial charge in [-0.3, -0.25) is 0 Å². The Kier molecular flexibility index (Phi) is 4.79. The fourth-order valence-corrected chi connectivity index (χ4v) is 3.36. The quantitative estimate of drug-likeness (QED) is 0.326. The van der Waals surface area contributed by atoms with Crippen molar-refractivity contribution in [3.63, 3.8) is 0 Å². The van der Waals surface area contributed by atoms with Crippen molar-refractivity contribution >= 4 is 34.3 Å². The third-order valence-corrected chi connectivity index (χ3v) is 5.49. The number of halogens is 5. The van der Waals surface area contributed by atoms with Crippen molar-refractivity contribution in [1.82, 2.24) is 10.1 Å². The molecule has 0 amide bonds. The summed E-state index contributed by atoms with van der Waals surface area (Å²) in [7, 11) is 0. The van der Waals surface area contributed by atoms with E-state index in [1.54, 1.807) is 12.1 Å². The highest BCUT2D eigenvalue weighted by Gasteiger charge is 2.36. The van der Waals surface area contributed by atoms with Crippen LogP contribution in [0.3, 0.4) is 0 Å². The van der Waals surface area contributed by atoms with Crippen LogP contribution >= 0.6 is 23.2 Å². The molecule has 2 heterocycles. The maximum atomic E-state index is 13.9. The minimum absolute atomic E-state index is 0.00466. The van der Waals surface area contributed by atoms with E-state index in [1.165, 1.54) is 18.2 Å². The van der Waals surface area contributed by atoms with Crippen LogP contribution in [0.5, 0.6) is 0 Å². The average Bonchev–Trinajstić information content (AvgIpc) is 3.08. The number of pyridine rings is 1. The highest BCUT2D eigenvalue weighted by molar-refractivity contribution is 6.42. The average molecular weight is 437 g/mol. The molecule has 0 saturated heterocycles. The molecule has 2 aromatic carbocycles. The van der Waals surface area contributed by atoms with Gasteiger partial charge in [-0.15, -0.1) is 0 Å². The Morgan fingerprint density at radius 2 is 1.59 bits per heavy atom. The number of nitrogens with zero attached hydrogens (tertiary/aromatic N) is 2. The fourth-order valence-electron chi connectivity index (χ4n) is 3.06. The monoisotopic (exact) mass is 436 g/mol. The second-order valence-corrected chi connectivity index (χ2v) is 7.51. The van der Waals surface area contributed by atoms with Crippen LogP contribution in [0.15, 0.2) is 47.0 Å². The summed E-state index contributed by atoms with van der Waals surface area (Å²) in [6.45, 7) is 3.82. The Labute approximate surface area is 174 Å². The highest BCUT2D eigenvalue weighted by atomic mass is 35.5. The Balaban J connectivity index is 1.98. The summed E-state index contributed by atoms with van der Waals surface area (Å²) in [6.07, 6.45) is -4.63. The Morgan fingerprint density at radius 3 is 2.24 bits per heavy atom. The van der Waals surface area contributed by atoms with Gasteiger partial charge in [0.15, 0.2) is 0 Å². The molecule has 4 rings (SSSR count). The summed E-state index contributed by atoms with van der Waals surface area (Å²) in [5.74, 6) is 0.